The molecule has 0 bridgehead atoms. The van der Waals surface area contributed by atoms with Gasteiger partial charge in [0, 0.05) is 29.1 Å². The molecule has 5 rings (SSSR count). The summed E-state index contributed by atoms with van der Waals surface area (Å²) in [5.74, 6) is -0.0125. The summed E-state index contributed by atoms with van der Waals surface area (Å²) in [6, 6.07) is 16.8. The van der Waals surface area contributed by atoms with Gasteiger partial charge < -0.3 is 30.0 Å². The average molecular weight is 541 g/mol. The summed E-state index contributed by atoms with van der Waals surface area (Å²) in [6.45, 7) is 0. The number of carbonyl (C=O) groups is 2. The minimum atomic E-state index is -1.12. The Labute approximate surface area is 228 Å². The third-order valence-corrected chi connectivity index (χ3v) is 6.02. The molecule has 0 fully saturated rings. The van der Waals surface area contributed by atoms with Crippen molar-refractivity contribution in [2.75, 3.05) is 32.0 Å². The number of pyridine rings is 2. The first-order valence-corrected chi connectivity index (χ1v) is 11.9. The molecule has 0 atom stereocenters. The normalized spacial score (nSPS) is 10.7. The Morgan fingerprint density at radius 3 is 2.48 bits per heavy atom. The first-order valence-electron chi connectivity index (χ1n) is 11.9. The largest absolute Gasteiger partial charge is 0.496 e. The molecule has 0 saturated carbocycles. The Hall–Kier alpha value is -5.65. The lowest BCUT2D eigenvalue weighted by molar-refractivity contribution is 0.0693. The van der Waals surface area contributed by atoms with Crippen molar-refractivity contribution in [2.24, 2.45) is 0 Å². The van der Waals surface area contributed by atoms with E-state index >= 15 is 0 Å². The van der Waals surface area contributed by atoms with E-state index in [-0.39, 0.29) is 17.2 Å². The minimum absolute atomic E-state index is 0.00121. The predicted octanol–water partition coefficient (Wildman–Crippen LogP) is 4.51. The lowest BCUT2D eigenvalue weighted by Gasteiger charge is -2.13. The van der Waals surface area contributed by atoms with E-state index in [1.165, 1.54) is 45.9 Å². The van der Waals surface area contributed by atoms with E-state index in [1.807, 2.05) is 18.3 Å². The molecule has 40 heavy (non-hydrogen) atoms. The van der Waals surface area contributed by atoms with E-state index in [0.29, 0.717) is 40.0 Å². The van der Waals surface area contributed by atoms with Gasteiger partial charge in [0.1, 0.15) is 23.5 Å². The van der Waals surface area contributed by atoms with Crippen molar-refractivity contribution in [1.82, 2.24) is 19.6 Å². The van der Waals surface area contributed by atoms with Gasteiger partial charge in [0.05, 0.1) is 27.0 Å². The molecule has 0 unspecified atom stereocenters. The predicted molar refractivity (Wildman–Crippen MR) is 147 cm³/mol. The maximum atomic E-state index is 13.1. The van der Waals surface area contributed by atoms with E-state index in [1.54, 1.807) is 34.8 Å². The third-order valence-electron chi connectivity index (χ3n) is 6.02. The topological polar surface area (TPSA) is 149 Å². The number of methoxy groups -OCH3 is 3. The Bertz CT molecular complexity index is 1730. The summed E-state index contributed by atoms with van der Waals surface area (Å²) >= 11 is 0. The highest BCUT2D eigenvalue weighted by atomic mass is 16.5. The van der Waals surface area contributed by atoms with E-state index in [9.17, 15) is 14.7 Å². The number of nitrogens with one attached hydrogen (secondary N) is 2. The summed E-state index contributed by atoms with van der Waals surface area (Å²) in [4.78, 5) is 33.2. The third kappa shape index (κ3) is 5.18. The molecule has 0 aliphatic rings. The molecule has 2 aromatic carbocycles. The Morgan fingerprint density at radius 1 is 0.900 bits per heavy atom. The smallest absolute Gasteiger partial charge is 0.339 e. The van der Waals surface area contributed by atoms with Crippen LogP contribution >= 0.6 is 0 Å². The highest BCUT2D eigenvalue weighted by Crippen LogP contribution is 2.31. The number of nitrogens with zero attached hydrogens (tertiary/aromatic N) is 4. The van der Waals surface area contributed by atoms with Crippen molar-refractivity contribution in [1.29, 1.82) is 0 Å². The van der Waals surface area contributed by atoms with Crippen molar-refractivity contribution in [2.45, 2.75) is 0 Å². The molecule has 0 aliphatic carbocycles. The molecule has 5 aromatic rings. The number of hydrogen-bond donors (Lipinski definition) is 3. The van der Waals surface area contributed by atoms with Crippen LogP contribution in [0.3, 0.4) is 0 Å². The van der Waals surface area contributed by atoms with Crippen molar-refractivity contribution in [3.63, 3.8) is 0 Å². The molecular weight excluding hydrogens is 516 g/mol. The summed E-state index contributed by atoms with van der Waals surface area (Å²) in [6.07, 6.45) is 3.25. The Balaban J connectivity index is 1.44. The Kier molecular flexibility index (Phi) is 7.14. The van der Waals surface area contributed by atoms with Crippen LogP contribution in [0.2, 0.25) is 0 Å². The van der Waals surface area contributed by atoms with Gasteiger partial charge in [0.2, 0.25) is 0 Å². The fourth-order valence-electron chi connectivity index (χ4n) is 4.10. The zero-order valence-electron chi connectivity index (χ0n) is 21.7. The number of amides is 1. The fraction of sp³-hybridized carbons (Fsp3) is 0.107. The molecule has 3 aromatic heterocycles. The van der Waals surface area contributed by atoms with Crippen LogP contribution in [0.1, 0.15) is 20.7 Å². The van der Waals surface area contributed by atoms with Gasteiger partial charge in [-0.1, -0.05) is 12.1 Å². The second kappa shape index (κ2) is 11.0. The monoisotopic (exact) mass is 540 g/mol. The first kappa shape index (κ1) is 26.0. The van der Waals surface area contributed by atoms with Crippen molar-refractivity contribution in [3.05, 3.63) is 84.3 Å². The number of carboxylic acids is 1. The van der Waals surface area contributed by atoms with Crippen LogP contribution in [-0.4, -0.2) is 57.9 Å². The van der Waals surface area contributed by atoms with Crippen LogP contribution < -0.4 is 24.8 Å². The SMILES string of the molecule is COc1cc(NC(=O)c2cccc(-c3cc(Nc4ccc(OC)c(OC)n4)c4ncnn4c3)c2)ccc1C(=O)O. The van der Waals surface area contributed by atoms with E-state index in [0.717, 1.165) is 11.1 Å². The van der Waals surface area contributed by atoms with Crippen LogP contribution in [0, 0.1) is 0 Å². The summed E-state index contributed by atoms with van der Waals surface area (Å²) in [7, 11) is 4.42. The quantitative estimate of drug-likeness (QED) is 0.244. The summed E-state index contributed by atoms with van der Waals surface area (Å²) in [5, 5.41) is 19.6. The van der Waals surface area contributed by atoms with Gasteiger partial charge in [-0.2, -0.15) is 10.1 Å². The van der Waals surface area contributed by atoms with E-state index in [4.69, 9.17) is 14.2 Å². The van der Waals surface area contributed by atoms with Crippen LogP contribution in [0.25, 0.3) is 16.8 Å². The second-order valence-corrected chi connectivity index (χ2v) is 8.46. The number of hydrogen-bond acceptors (Lipinski definition) is 9. The molecule has 0 aliphatic heterocycles. The number of anilines is 3. The second-order valence-electron chi connectivity index (χ2n) is 8.46. The van der Waals surface area contributed by atoms with Gasteiger partial charge in [-0.05, 0) is 48.0 Å². The number of carbonyl (C=O) groups excluding carboxylic acids is 1. The van der Waals surface area contributed by atoms with Crippen molar-refractivity contribution < 1.29 is 28.9 Å². The molecule has 3 N–H and O–H groups in total. The van der Waals surface area contributed by atoms with E-state index in [2.05, 4.69) is 25.7 Å². The maximum absolute atomic E-state index is 13.1. The van der Waals surface area contributed by atoms with Crippen LogP contribution in [-0.2, 0) is 0 Å². The van der Waals surface area contributed by atoms with Crippen LogP contribution in [0.5, 0.6) is 17.4 Å². The molecular formula is C28H24N6O6. The van der Waals surface area contributed by atoms with Gasteiger partial charge in [-0.15, -0.1) is 0 Å². The molecule has 3 heterocycles. The number of rotatable bonds is 9. The van der Waals surface area contributed by atoms with Gasteiger partial charge in [-0.3, -0.25) is 4.79 Å². The molecule has 1 amide bonds. The molecule has 0 radical (unpaired) electrons. The van der Waals surface area contributed by atoms with Gasteiger partial charge in [-0.25, -0.2) is 14.3 Å². The number of ether oxygens (including phenoxy) is 3. The molecule has 0 saturated heterocycles. The van der Waals surface area contributed by atoms with Gasteiger partial charge in [0.25, 0.3) is 11.8 Å². The van der Waals surface area contributed by atoms with Gasteiger partial charge >= 0.3 is 5.97 Å². The lowest BCUT2D eigenvalue weighted by atomic mass is 10.0. The summed E-state index contributed by atoms with van der Waals surface area (Å²) < 4.78 is 17.3. The lowest BCUT2D eigenvalue weighted by Crippen LogP contribution is -2.12. The number of carboxylic acid groups (broad SMARTS) is 1. The Morgan fingerprint density at radius 2 is 1.73 bits per heavy atom. The zero-order valence-corrected chi connectivity index (χ0v) is 21.7. The maximum Gasteiger partial charge on any atom is 0.339 e. The number of benzene rings is 2. The van der Waals surface area contributed by atoms with Crippen molar-refractivity contribution >= 4 is 34.7 Å². The van der Waals surface area contributed by atoms with Crippen molar-refractivity contribution in [3.8, 4) is 28.5 Å². The van der Waals surface area contributed by atoms with Crippen LogP contribution in [0.15, 0.2) is 73.2 Å². The molecule has 12 nitrogen and oxygen atoms in total. The molecule has 12 heteroatoms. The first-order chi connectivity index (χ1) is 19.4. The highest BCUT2D eigenvalue weighted by molar-refractivity contribution is 6.05. The molecule has 0 spiro atoms. The number of fused-ring (bicyclic) bond motifs is 1. The highest BCUT2D eigenvalue weighted by Gasteiger charge is 2.15. The average Bonchev–Trinajstić information content (AvgIpc) is 3.46. The fourth-order valence-corrected chi connectivity index (χ4v) is 4.10. The zero-order chi connectivity index (χ0) is 28.2. The van der Waals surface area contributed by atoms with Crippen LogP contribution in [0.4, 0.5) is 17.2 Å². The molecule has 202 valence electrons. The summed E-state index contributed by atoms with van der Waals surface area (Å²) in [5.41, 5.74) is 3.53. The van der Waals surface area contributed by atoms with E-state index < -0.39 is 5.97 Å². The number of aromatic nitrogens is 4. The minimum Gasteiger partial charge on any atom is -0.496 e. The standard InChI is InChI=1S/C28H24N6O6/c1-38-22-9-10-24(33-27(22)40-3)32-21-12-18(14-34-25(21)29-15-30-34)16-5-4-6-17(11-16)26(35)31-19-7-8-20(28(36)37)23(13-19)39-2/h4-15H,1-3H3,(H,31,35)(H,32,33)(H,36,37). The number of aromatic carboxylic acids is 1. The van der Waals surface area contributed by atoms with Gasteiger partial charge in [0.15, 0.2) is 11.4 Å².